The van der Waals surface area contributed by atoms with E-state index in [0.29, 0.717) is 0 Å². The molecule has 0 amide bonds. The standard InChI is InChI=1S/C44H37N/c1-2-13-31(14-3-1)42-29-34-16-6-11-21-41(34)45(42)36-26-24-32(25-27-36)43-37-17-7-9-19-39(37)44(40-20-10-8-18-38(40)43)35-23-22-30-12-4-5-15-33(30)28-35/h1-2,4-7,9,11-13,15-21,24,26,28-29H,3,8,10,14,22-23,25,27H2. The SMILES string of the molecule is C1=CCCC(c2cc3ccccc3n2C2=CC=C(c3c4c(c(C5=Cc6ccccc6CC5)c5ccccc35)=CCCC=4)CC2)=C1. The highest BCUT2D eigenvalue weighted by Gasteiger charge is 2.23. The number of para-hydroxylation sites is 1. The van der Waals surface area contributed by atoms with Crippen LogP contribution in [0.15, 0.2) is 109 Å². The predicted molar refractivity (Wildman–Crippen MR) is 194 cm³/mol. The van der Waals surface area contributed by atoms with Crippen LogP contribution in [-0.4, -0.2) is 4.57 Å². The van der Waals surface area contributed by atoms with Crippen molar-refractivity contribution >= 4 is 62.3 Å². The van der Waals surface area contributed by atoms with Gasteiger partial charge in [0.05, 0.1) is 5.52 Å². The zero-order valence-electron chi connectivity index (χ0n) is 25.7. The van der Waals surface area contributed by atoms with E-state index in [0.717, 1.165) is 51.4 Å². The molecule has 0 saturated carbocycles. The van der Waals surface area contributed by atoms with E-state index in [4.69, 9.17) is 0 Å². The maximum atomic E-state index is 2.54. The Morgan fingerprint density at radius 1 is 0.556 bits per heavy atom. The number of hydrogen-bond donors (Lipinski definition) is 0. The molecular weight excluding hydrogens is 542 g/mol. The number of aromatic nitrogens is 1. The Labute approximate surface area is 265 Å². The van der Waals surface area contributed by atoms with E-state index in [1.165, 1.54) is 82.5 Å². The summed E-state index contributed by atoms with van der Waals surface area (Å²) < 4.78 is 2.54. The Balaban J connectivity index is 1.22. The average Bonchev–Trinajstić information content (AvgIpc) is 3.51. The lowest BCUT2D eigenvalue weighted by Gasteiger charge is -2.24. The third-order valence-corrected chi connectivity index (χ3v) is 10.3. The van der Waals surface area contributed by atoms with Crippen LogP contribution in [0.2, 0.25) is 0 Å². The molecule has 0 fully saturated rings. The van der Waals surface area contributed by atoms with E-state index in [-0.39, 0.29) is 0 Å². The minimum atomic E-state index is 1.02. The van der Waals surface area contributed by atoms with Gasteiger partial charge in [-0.2, -0.15) is 0 Å². The second-order valence-electron chi connectivity index (χ2n) is 12.9. The van der Waals surface area contributed by atoms with Crippen molar-refractivity contribution in [1.82, 2.24) is 4.57 Å². The molecule has 0 radical (unpaired) electrons. The molecule has 0 spiro atoms. The number of nitrogens with zero attached hydrogens (tertiary/aromatic N) is 1. The first-order valence-corrected chi connectivity index (χ1v) is 16.7. The fourth-order valence-electron chi connectivity index (χ4n) is 8.22. The lowest BCUT2D eigenvalue weighted by Crippen LogP contribution is -2.34. The summed E-state index contributed by atoms with van der Waals surface area (Å²) in [7, 11) is 0. The summed E-state index contributed by atoms with van der Waals surface area (Å²) in [5, 5.41) is 7.01. The molecule has 218 valence electrons. The van der Waals surface area contributed by atoms with Crippen molar-refractivity contribution in [2.24, 2.45) is 0 Å². The molecule has 4 aromatic carbocycles. The van der Waals surface area contributed by atoms with Gasteiger partial charge in [0.15, 0.2) is 0 Å². The van der Waals surface area contributed by atoms with Crippen molar-refractivity contribution in [2.75, 3.05) is 0 Å². The van der Waals surface area contributed by atoms with Gasteiger partial charge in [-0.25, -0.2) is 0 Å². The van der Waals surface area contributed by atoms with Crippen molar-refractivity contribution in [3.8, 4) is 0 Å². The van der Waals surface area contributed by atoms with Crippen LogP contribution in [0.5, 0.6) is 0 Å². The van der Waals surface area contributed by atoms with Crippen LogP contribution in [0.25, 0.3) is 62.3 Å². The van der Waals surface area contributed by atoms with Gasteiger partial charge in [0.1, 0.15) is 0 Å². The molecule has 0 bridgehead atoms. The minimum Gasteiger partial charge on any atom is -0.313 e. The summed E-state index contributed by atoms with van der Waals surface area (Å²) in [6, 6.07) is 29.4. The third kappa shape index (κ3) is 4.45. The quantitative estimate of drug-likeness (QED) is 0.200. The van der Waals surface area contributed by atoms with Crippen LogP contribution >= 0.6 is 0 Å². The van der Waals surface area contributed by atoms with E-state index >= 15 is 0 Å². The molecule has 0 unspecified atom stereocenters. The van der Waals surface area contributed by atoms with Crippen molar-refractivity contribution in [2.45, 2.75) is 51.4 Å². The second kappa shape index (κ2) is 10.9. The van der Waals surface area contributed by atoms with Gasteiger partial charge < -0.3 is 4.57 Å². The van der Waals surface area contributed by atoms with Crippen LogP contribution in [0, 0.1) is 0 Å². The molecule has 0 aliphatic heterocycles. The number of fused-ring (bicyclic) bond motifs is 4. The van der Waals surface area contributed by atoms with Gasteiger partial charge in [0.2, 0.25) is 0 Å². The maximum absolute atomic E-state index is 2.54. The molecule has 1 nitrogen and oxygen atoms in total. The third-order valence-electron chi connectivity index (χ3n) is 10.3. The van der Waals surface area contributed by atoms with Gasteiger partial charge >= 0.3 is 0 Å². The Morgan fingerprint density at radius 3 is 2.07 bits per heavy atom. The van der Waals surface area contributed by atoms with E-state index in [9.17, 15) is 0 Å². The van der Waals surface area contributed by atoms with Crippen molar-refractivity contribution < 1.29 is 0 Å². The first-order chi connectivity index (χ1) is 22.3. The number of benzene rings is 4. The summed E-state index contributed by atoms with van der Waals surface area (Å²) in [6.07, 6.45) is 27.9. The number of allylic oxidation sites excluding steroid dienone is 9. The molecule has 1 heteroatoms. The first kappa shape index (κ1) is 26.5. The second-order valence-corrected chi connectivity index (χ2v) is 12.9. The smallest absolute Gasteiger partial charge is 0.0531 e. The molecule has 9 rings (SSSR count). The summed E-state index contributed by atoms with van der Waals surface area (Å²) in [4.78, 5) is 0. The van der Waals surface area contributed by atoms with E-state index in [2.05, 4.69) is 132 Å². The molecule has 4 aliphatic rings. The van der Waals surface area contributed by atoms with Crippen LogP contribution < -0.4 is 10.4 Å². The van der Waals surface area contributed by atoms with Crippen LogP contribution in [0.3, 0.4) is 0 Å². The monoisotopic (exact) mass is 579 g/mol. The highest BCUT2D eigenvalue weighted by atomic mass is 15.0. The zero-order chi connectivity index (χ0) is 29.7. The normalized spacial score (nSPS) is 17.4. The molecule has 0 saturated heterocycles. The lowest BCUT2D eigenvalue weighted by atomic mass is 9.81. The van der Waals surface area contributed by atoms with Crippen LogP contribution in [0.1, 0.15) is 72.9 Å². The van der Waals surface area contributed by atoms with Crippen molar-refractivity contribution in [3.05, 3.63) is 148 Å². The van der Waals surface area contributed by atoms with Gasteiger partial charge in [-0.15, -0.1) is 0 Å². The number of aryl methyl sites for hydroxylation is 1. The molecule has 45 heavy (non-hydrogen) atoms. The summed E-state index contributed by atoms with van der Waals surface area (Å²) in [6.45, 7) is 0. The Bertz CT molecular complexity index is 2310. The van der Waals surface area contributed by atoms with Gasteiger partial charge in [0.25, 0.3) is 0 Å². The lowest BCUT2D eigenvalue weighted by molar-refractivity contribution is 0.949. The van der Waals surface area contributed by atoms with Crippen molar-refractivity contribution in [1.29, 1.82) is 0 Å². The van der Waals surface area contributed by atoms with Gasteiger partial charge in [-0.05, 0) is 130 Å². The molecule has 4 aliphatic carbocycles. The highest BCUT2D eigenvalue weighted by Crippen LogP contribution is 2.39. The number of hydrogen-bond acceptors (Lipinski definition) is 0. The summed E-state index contributed by atoms with van der Waals surface area (Å²) >= 11 is 0. The Kier molecular flexibility index (Phi) is 6.44. The summed E-state index contributed by atoms with van der Waals surface area (Å²) in [5.74, 6) is 0. The van der Waals surface area contributed by atoms with E-state index in [1.807, 2.05) is 0 Å². The molecule has 1 heterocycles. The number of rotatable bonds is 4. The van der Waals surface area contributed by atoms with E-state index < -0.39 is 0 Å². The topological polar surface area (TPSA) is 4.93 Å². The van der Waals surface area contributed by atoms with Gasteiger partial charge in [-0.3, -0.25) is 0 Å². The molecule has 0 N–H and O–H groups in total. The Hall–Kier alpha value is -4.88. The fraction of sp³-hybridized carbons (Fsp3) is 0.182. The molecule has 5 aromatic rings. The maximum Gasteiger partial charge on any atom is 0.0531 e. The zero-order valence-corrected chi connectivity index (χ0v) is 25.7. The highest BCUT2D eigenvalue weighted by molar-refractivity contribution is 6.04. The average molecular weight is 580 g/mol. The van der Waals surface area contributed by atoms with E-state index in [1.54, 1.807) is 0 Å². The first-order valence-electron chi connectivity index (χ1n) is 16.7. The van der Waals surface area contributed by atoms with Gasteiger partial charge in [-0.1, -0.05) is 109 Å². The van der Waals surface area contributed by atoms with Crippen LogP contribution in [0.4, 0.5) is 0 Å². The fourth-order valence-corrected chi connectivity index (χ4v) is 8.22. The predicted octanol–water partition coefficient (Wildman–Crippen LogP) is 10.1. The molecule has 1 aromatic heterocycles. The molecule has 0 atom stereocenters. The Morgan fingerprint density at radius 2 is 1.29 bits per heavy atom. The summed E-state index contributed by atoms with van der Waals surface area (Å²) in [5.41, 5.74) is 14.2. The van der Waals surface area contributed by atoms with Gasteiger partial charge in [0, 0.05) is 16.8 Å². The largest absolute Gasteiger partial charge is 0.313 e. The minimum absolute atomic E-state index is 1.02. The molecular formula is C44H37N. The van der Waals surface area contributed by atoms with Crippen LogP contribution in [-0.2, 0) is 6.42 Å². The van der Waals surface area contributed by atoms with Crippen molar-refractivity contribution in [3.63, 3.8) is 0 Å².